The smallest absolute Gasteiger partial charge is 0.223 e. The molecule has 0 radical (unpaired) electrons. The largest absolute Gasteiger partial charge is 0.340 e. The summed E-state index contributed by atoms with van der Waals surface area (Å²) in [5.41, 5.74) is 0. The van der Waals surface area contributed by atoms with Crippen LogP contribution >= 0.6 is 0 Å². The summed E-state index contributed by atoms with van der Waals surface area (Å²) >= 11 is 0. The van der Waals surface area contributed by atoms with Gasteiger partial charge in [-0.3, -0.25) is 0 Å². The summed E-state index contributed by atoms with van der Waals surface area (Å²) in [6.07, 6.45) is 4.94. The lowest BCUT2D eigenvalue weighted by Gasteiger charge is -2.09. The highest BCUT2D eigenvalue weighted by atomic mass is 16.5. The fraction of sp³-hybridized carbons (Fsp3) is 0.778. The van der Waals surface area contributed by atoms with E-state index in [4.69, 9.17) is 4.52 Å². The van der Waals surface area contributed by atoms with Gasteiger partial charge in [-0.2, -0.15) is 4.98 Å². The summed E-state index contributed by atoms with van der Waals surface area (Å²) in [6, 6.07) is 0.306. The van der Waals surface area contributed by atoms with Gasteiger partial charge in [-0.25, -0.2) is 0 Å². The van der Waals surface area contributed by atoms with Crippen LogP contribution in [0.25, 0.3) is 0 Å². The number of hydrogen-bond acceptors (Lipinski definition) is 4. The Morgan fingerprint density at radius 1 is 1.38 bits per heavy atom. The predicted octanol–water partition coefficient (Wildman–Crippen LogP) is 1.58. The average molecular weight is 181 g/mol. The second kappa shape index (κ2) is 3.87. The molecule has 1 aliphatic heterocycles. The third-order valence-corrected chi connectivity index (χ3v) is 2.42. The van der Waals surface area contributed by atoms with Gasteiger partial charge in [0.05, 0.1) is 6.04 Å². The first-order valence-electron chi connectivity index (χ1n) is 4.90. The minimum atomic E-state index is 0.306. The zero-order valence-electron chi connectivity index (χ0n) is 7.92. The second-order valence-corrected chi connectivity index (χ2v) is 3.53. The molecule has 1 aromatic heterocycles. The number of nitrogens with zero attached hydrogens (tertiary/aromatic N) is 2. The molecule has 1 N–H and O–H groups in total. The average Bonchev–Trinajstić information content (AvgIpc) is 2.43. The first kappa shape index (κ1) is 8.69. The van der Waals surface area contributed by atoms with Crippen LogP contribution in [0.1, 0.15) is 43.4 Å². The molecule has 0 aromatic carbocycles. The van der Waals surface area contributed by atoms with Crippen LogP contribution in [0.2, 0.25) is 0 Å². The third kappa shape index (κ3) is 2.06. The lowest BCUT2D eigenvalue weighted by molar-refractivity contribution is 0.375. The van der Waals surface area contributed by atoms with Crippen LogP contribution in [0.3, 0.4) is 0 Å². The molecule has 13 heavy (non-hydrogen) atoms. The molecule has 0 aliphatic carbocycles. The van der Waals surface area contributed by atoms with E-state index in [2.05, 4.69) is 15.5 Å². The molecule has 2 heterocycles. The molecule has 0 bridgehead atoms. The standard InChI is InChI=1S/C9H15N3O/c1-7-11-9(12-13-7)8-5-3-2-4-6-10-8/h8,10H,2-6H2,1H3/t8-/m0/s1. The molecule has 1 aromatic rings. The highest BCUT2D eigenvalue weighted by Crippen LogP contribution is 2.19. The predicted molar refractivity (Wildman–Crippen MR) is 48.2 cm³/mol. The van der Waals surface area contributed by atoms with Crippen molar-refractivity contribution >= 4 is 0 Å². The van der Waals surface area contributed by atoms with Crippen molar-refractivity contribution in [2.24, 2.45) is 0 Å². The lowest BCUT2D eigenvalue weighted by Crippen LogP contribution is -2.21. The Hall–Kier alpha value is -0.900. The van der Waals surface area contributed by atoms with Crippen LogP contribution in [0, 0.1) is 6.92 Å². The first-order valence-corrected chi connectivity index (χ1v) is 4.90. The Kier molecular flexibility index (Phi) is 2.59. The van der Waals surface area contributed by atoms with E-state index >= 15 is 0 Å². The Morgan fingerprint density at radius 3 is 3.08 bits per heavy atom. The maximum absolute atomic E-state index is 4.96. The molecule has 0 unspecified atom stereocenters. The Bertz CT molecular complexity index is 264. The SMILES string of the molecule is Cc1nc([C@@H]2CCCCCN2)no1. The summed E-state index contributed by atoms with van der Waals surface area (Å²) in [5, 5.41) is 7.36. The van der Waals surface area contributed by atoms with Crippen LogP contribution in [0.4, 0.5) is 0 Å². The maximum Gasteiger partial charge on any atom is 0.223 e. The fourth-order valence-corrected chi connectivity index (χ4v) is 1.71. The van der Waals surface area contributed by atoms with E-state index in [1.54, 1.807) is 0 Å². The number of aryl methyl sites for hydroxylation is 1. The van der Waals surface area contributed by atoms with Gasteiger partial charge in [0.2, 0.25) is 5.89 Å². The zero-order chi connectivity index (χ0) is 9.10. The molecule has 1 aliphatic rings. The Morgan fingerprint density at radius 2 is 2.31 bits per heavy atom. The van der Waals surface area contributed by atoms with E-state index in [-0.39, 0.29) is 0 Å². The van der Waals surface area contributed by atoms with Crippen molar-refractivity contribution in [1.29, 1.82) is 0 Å². The van der Waals surface area contributed by atoms with Crippen molar-refractivity contribution in [1.82, 2.24) is 15.5 Å². The quantitative estimate of drug-likeness (QED) is 0.714. The number of rotatable bonds is 1. The molecule has 4 heteroatoms. The molecule has 2 rings (SSSR count). The molecule has 0 saturated carbocycles. The monoisotopic (exact) mass is 181 g/mol. The van der Waals surface area contributed by atoms with Gasteiger partial charge in [-0.05, 0) is 19.4 Å². The first-order chi connectivity index (χ1) is 6.36. The Balaban J connectivity index is 2.06. The second-order valence-electron chi connectivity index (χ2n) is 3.53. The van der Waals surface area contributed by atoms with E-state index in [0.717, 1.165) is 18.8 Å². The molecule has 0 amide bonds. The van der Waals surface area contributed by atoms with Crippen molar-refractivity contribution in [3.05, 3.63) is 11.7 Å². The van der Waals surface area contributed by atoms with Crippen LogP contribution in [-0.2, 0) is 0 Å². The van der Waals surface area contributed by atoms with E-state index < -0.39 is 0 Å². The van der Waals surface area contributed by atoms with E-state index in [1.807, 2.05) is 6.92 Å². The highest BCUT2D eigenvalue weighted by molar-refractivity contribution is 4.93. The molecular weight excluding hydrogens is 166 g/mol. The summed E-state index contributed by atoms with van der Waals surface area (Å²) in [4.78, 5) is 4.24. The van der Waals surface area contributed by atoms with Gasteiger partial charge in [-0.1, -0.05) is 18.0 Å². The van der Waals surface area contributed by atoms with Crippen molar-refractivity contribution in [3.63, 3.8) is 0 Å². The molecule has 0 spiro atoms. The number of aromatic nitrogens is 2. The summed E-state index contributed by atoms with van der Waals surface area (Å²) in [5.74, 6) is 1.47. The van der Waals surface area contributed by atoms with Gasteiger partial charge in [0.25, 0.3) is 0 Å². The fourth-order valence-electron chi connectivity index (χ4n) is 1.71. The molecular formula is C9H15N3O. The zero-order valence-corrected chi connectivity index (χ0v) is 7.92. The lowest BCUT2D eigenvalue weighted by atomic mass is 10.1. The number of nitrogens with one attached hydrogen (secondary N) is 1. The molecule has 72 valence electrons. The van der Waals surface area contributed by atoms with E-state index in [9.17, 15) is 0 Å². The summed E-state index contributed by atoms with van der Waals surface area (Å²) in [7, 11) is 0. The molecule has 1 fully saturated rings. The number of hydrogen-bond donors (Lipinski definition) is 1. The molecule has 1 atom stereocenters. The van der Waals surface area contributed by atoms with Crippen molar-refractivity contribution in [2.45, 2.75) is 38.6 Å². The van der Waals surface area contributed by atoms with Gasteiger partial charge in [-0.15, -0.1) is 0 Å². The highest BCUT2D eigenvalue weighted by Gasteiger charge is 2.17. The summed E-state index contributed by atoms with van der Waals surface area (Å²) < 4.78 is 4.96. The van der Waals surface area contributed by atoms with Gasteiger partial charge in [0.15, 0.2) is 5.82 Å². The van der Waals surface area contributed by atoms with Crippen LogP contribution in [0.15, 0.2) is 4.52 Å². The normalized spacial score (nSPS) is 24.2. The molecule has 4 nitrogen and oxygen atoms in total. The summed E-state index contributed by atoms with van der Waals surface area (Å²) in [6.45, 7) is 2.89. The van der Waals surface area contributed by atoms with E-state index in [1.165, 1.54) is 19.3 Å². The van der Waals surface area contributed by atoms with Gasteiger partial charge in [0, 0.05) is 6.92 Å². The third-order valence-electron chi connectivity index (χ3n) is 2.42. The maximum atomic E-state index is 4.96. The van der Waals surface area contributed by atoms with Crippen LogP contribution < -0.4 is 5.32 Å². The van der Waals surface area contributed by atoms with Crippen molar-refractivity contribution in [2.75, 3.05) is 6.54 Å². The molecule has 1 saturated heterocycles. The van der Waals surface area contributed by atoms with Gasteiger partial charge < -0.3 is 9.84 Å². The minimum absolute atomic E-state index is 0.306. The van der Waals surface area contributed by atoms with Crippen molar-refractivity contribution in [3.8, 4) is 0 Å². The van der Waals surface area contributed by atoms with Crippen molar-refractivity contribution < 1.29 is 4.52 Å². The van der Waals surface area contributed by atoms with Crippen LogP contribution in [-0.4, -0.2) is 16.7 Å². The van der Waals surface area contributed by atoms with Gasteiger partial charge in [0.1, 0.15) is 0 Å². The van der Waals surface area contributed by atoms with E-state index in [0.29, 0.717) is 11.9 Å². The van der Waals surface area contributed by atoms with Gasteiger partial charge >= 0.3 is 0 Å². The Labute approximate surface area is 77.7 Å². The van der Waals surface area contributed by atoms with Crippen LogP contribution in [0.5, 0.6) is 0 Å². The minimum Gasteiger partial charge on any atom is -0.340 e. The topological polar surface area (TPSA) is 51.0 Å².